The minimum Gasteiger partial charge on any atom is -0.463 e. The maximum atomic E-state index is 12.1. The van der Waals surface area contributed by atoms with E-state index in [0.29, 0.717) is 0 Å². The summed E-state index contributed by atoms with van der Waals surface area (Å²) >= 11 is 1.11. The zero-order valence-electron chi connectivity index (χ0n) is 18.0. The molecule has 1 aromatic carbocycles. The molecule has 1 heterocycles. The highest BCUT2D eigenvalue weighted by Crippen LogP contribution is 2.17. The number of nitrogens with one attached hydrogen (secondary N) is 3. The Bertz CT molecular complexity index is 899. The van der Waals surface area contributed by atoms with Crippen LogP contribution in [0.25, 0.3) is 0 Å². The lowest BCUT2D eigenvalue weighted by atomic mass is 10.0. The molecule has 3 N–H and O–H groups in total. The van der Waals surface area contributed by atoms with E-state index in [1.165, 1.54) is 0 Å². The van der Waals surface area contributed by atoms with E-state index in [9.17, 15) is 19.2 Å². The van der Waals surface area contributed by atoms with E-state index in [-0.39, 0.29) is 41.9 Å². The number of rotatable bonds is 9. The van der Waals surface area contributed by atoms with Gasteiger partial charge in [0.05, 0.1) is 35.4 Å². The van der Waals surface area contributed by atoms with Gasteiger partial charge in [-0.2, -0.15) is 0 Å². The molecule has 1 aliphatic rings. The van der Waals surface area contributed by atoms with Gasteiger partial charge in [-0.05, 0) is 39.3 Å². The molecule has 9 nitrogen and oxygen atoms in total. The molecule has 0 fully saturated rings. The third-order valence-corrected chi connectivity index (χ3v) is 5.26. The van der Waals surface area contributed by atoms with E-state index in [4.69, 9.17) is 9.47 Å². The molecule has 2 rings (SSSR count). The Kier molecular flexibility index (Phi) is 8.92. The first-order chi connectivity index (χ1) is 14.7. The Labute approximate surface area is 185 Å². The first-order valence-corrected chi connectivity index (χ1v) is 10.9. The van der Waals surface area contributed by atoms with Crippen molar-refractivity contribution in [2.45, 2.75) is 33.7 Å². The summed E-state index contributed by atoms with van der Waals surface area (Å²) < 4.78 is 10.2. The normalized spacial score (nSPS) is 15.6. The fourth-order valence-corrected chi connectivity index (χ4v) is 3.56. The summed E-state index contributed by atoms with van der Waals surface area (Å²) in [5, 5.41) is 7.85. The van der Waals surface area contributed by atoms with Gasteiger partial charge in [0.2, 0.25) is 5.91 Å². The minimum atomic E-state index is -0.592. The topological polar surface area (TPSA) is 123 Å². The van der Waals surface area contributed by atoms with Crippen molar-refractivity contribution in [3.63, 3.8) is 0 Å². The predicted octanol–water partition coefficient (Wildman–Crippen LogP) is 2.04. The number of esters is 2. The molecule has 0 radical (unpaired) electrons. The lowest BCUT2D eigenvalue weighted by Crippen LogP contribution is -2.50. The van der Waals surface area contributed by atoms with Crippen LogP contribution in [-0.4, -0.2) is 54.6 Å². The minimum absolute atomic E-state index is 0.0515. The highest BCUT2D eigenvalue weighted by atomic mass is 32.2. The number of hydrogen-bond donors (Lipinski definition) is 3. The smallest absolute Gasteiger partial charge is 0.338 e. The average Bonchev–Trinajstić information content (AvgIpc) is 2.68. The van der Waals surface area contributed by atoms with Crippen LogP contribution in [0.15, 0.2) is 29.5 Å². The first kappa shape index (κ1) is 24.3. The van der Waals surface area contributed by atoms with Crippen LogP contribution in [-0.2, 0) is 23.9 Å². The van der Waals surface area contributed by atoms with Crippen LogP contribution >= 0.6 is 11.8 Å². The van der Waals surface area contributed by atoms with Gasteiger partial charge in [-0.3, -0.25) is 9.59 Å². The van der Waals surface area contributed by atoms with Gasteiger partial charge in [0.15, 0.2) is 0 Å². The predicted molar refractivity (Wildman–Crippen MR) is 118 cm³/mol. The van der Waals surface area contributed by atoms with Gasteiger partial charge in [-0.15, -0.1) is 11.8 Å². The Hall–Kier alpha value is -3.01. The summed E-state index contributed by atoms with van der Waals surface area (Å²) in [6.07, 6.45) is 0. The van der Waals surface area contributed by atoms with Crippen LogP contribution in [0.4, 0.5) is 10.5 Å². The molecule has 10 heteroatoms. The highest BCUT2D eigenvalue weighted by molar-refractivity contribution is 8.00. The van der Waals surface area contributed by atoms with Crippen molar-refractivity contribution >= 4 is 41.3 Å². The van der Waals surface area contributed by atoms with Crippen LogP contribution in [0, 0.1) is 13.8 Å². The van der Waals surface area contributed by atoms with Crippen molar-refractivity contribution in [3.8, 4) is 0 Å². The van der Waals surface area contributed by atoms with Gasteiger partial charge in [-0.25, -0.2) is 9.59 Å². The van der Waals surface area contributed by atoms with Crippen LogP contribution in [0.3, 0.4) is 0 Å². The highest BCUT2D eigenvalue weighted by Gasteiger charge is 2.30. The Morgan fingerprint density at radius 1 is 1.16 bits per heavy atom. The van der Waals surface area contributed by atoms with Gasteiger partial charge < -0.3 is 25.4 Å². The number of thioether (sulfide) groups is 1. The van der Waals surface area contributed by atoms with E-state index in [1.807, 2.05) is 32.0 Å². The second kappa shape index (κ2) is 11.4. The van der Waals surface area contributed by atoms with E-state index in [0.717, 1.165) is 28.6 Å². The van der Waals surface area contributed by atoms with E-state index < -0.39 is 24.0 Å². The third kappa shape index (κ3) is 7.32. The Balaban J connectivity index is 1.83. The van der Waals surface area contributed by atoms with E-state index in [1.54, 1.807) is 13.8 Å². The fraction of sp³-hybridized carbons (Fsp3) is 0.429. The number of carbonyl (C=O) groups is 4. The van der Waals surface area contributed by atoms with E-state index >= 15 is 0 Å². The zero-order chi connectivity index (χ0) is 23.0. The number of amides is 3. The molecule has 0 unspecified atom stereocenters. The molecule has 0 saturated carbocycles. The summed E-state index contributed by atoms with van der Waals surface area (Å²) in [5.74, 6) is -1.36. The van der Waals surface area contributed by atoms with Crippen LogP contribution in [0.5, 0.6) is 0 Å². The lowest BCUT2D eigenvalue weighted by molar-refractivity contribution is -0.141. The van der Waals surface area contributed by atoms with Crippen molar-refractivity contribution in [1.29, 1.82) is 0 Å². The molecular formula is C21H27N3O6S. The fourth-order valence-electron chi connectivity index (χ4n) is 2.95. The summed E-state index contributed by atoms with van der Waals surface area (Å²) in [4.78, 5) is 48.0. The number of ether oxygens (including phenoxy) is 2. The maximum Gasteiger partial charge on any atom is 0.338 e. The Morgan fingerprint density at radius 2 is 1.90 bits per heavy atom. The number of urea groups is 1. The number of anilines is 1. The number of benzene rings is 1. The van der Waals surface area contributed by atoms with Gasteiger partial charge >= 0.3 is 18.0 Å². The molecule has 31 heavy (non-hydrogen) atoms. The van der Waals surface area contributed by atoms with Gasteiger partial charge in [0.1, 0.15) is 6.61 Å². The van der Waals surface area contributed by atoms with Crippen LogP contribution in [0.1, 0.15) is 25.0 Å². The largest absolute Gasteiger partial charge is 0.463 e. The van der Waals surface area contributed by atoms with Gasteiger partial charge in [0, 0.05) is 5.69 Å². The number of carbonyl (C=O) groups excluding carboxylic acids is 4. The maximum absolute atomic E-state index is 12.1. The summed E-state index contributed by atoms with van der Waals surface area (Å²) in [6, 6.07) is 4.64. The summed E-state index contributed by atoms with van der Waals surface area (Å²) in [7, 11) is 0. The summed E-state index contributed by atoms with van der Waals surface area (Å²) in [6.45, 7) is 7.09. The molecule has 1 aromatic rings. The third-order valence-electron chi connectivity index (χ3n) is 4.35. The molecule has 3 amide bonds. The molecule has 168 valence electrons. The second-order valence-corrected chi connectivity index (χ2v) is 7.94. The zero-order valence-corrected chi connectivity index (χ0v) is 18.8. The second-order valence-electron chi connectivity index (χ2n) is 6.95. The SMILES string of the molecule is CCOC(=O)C1=C(COC(=O)CSCC(=O)Nc2ccc(C)cc2C)NC(=O)N[C@@H]1C. The number of hydrogen-bond acceptors (Lipinski definition) is 7. The van der Waals surface area contributed by atoms with Gasteiger partial charge in [-0.1, -0.05) is 17.7 Å². The summed E-state index contributed by atoms with van der Waals surface area (Å²) in [5.41, 5.74) is 3.18. The molecule has 0 saturated heterocycles. The number of aryl methyl sites for hydroxylation is 2. The lowest BCUT2D eigenvalue weighted by Gasteiger charge is -2.26. The molecule has 0 aliphatic carbocycles. The van der Waals surface area contributed by atoms with Crippen molar-refractivity contribution in [2.24, 2.45) is 0 Å². The average molecular weight is 450 g/mol. The van der Waals surface area contributed by atoms with Crippen molar-refractivity contribution < 1.29 is 28.7 Å². The van der Waals surface area contributed by atoms with Crippen LogP contribution in [0.2, 0.25) is 0 Å². The molecule has 0 spiro atoms. The standard InChI is InChI=1S/C21H27N3O6S/c1-5-29-20(27)19-14(4)22-21(28)24-16(19)9-30-18(26)11-31-10-17(25)23-15-7-6-12(2)8-13(15)3/h6-8,14H,5,9-11H2,1-4H3,(H,23,25)(H2,22,24,28)/t14-/m1/s1. The quantitative estimate of drug-likeness (QED) is 0.493. The Morgan fingerprint density at radius 3 is 2.58 bits per heavy atom. The van der Waals surface area contributed by atoms with Crippen molar-refractivity contribution in [1.82, 2.24) is 10.6 Å². The molecule has 0 bridgehead atoms. The first-order valence-electron chi connectivity index (χ1n) is 9.79. The molecule has 0 aromatic heterocycles. The molecular weight excluding hydrogens is 422 g/mol. The molecule has 1 atom stereocenters. The van der Waals surface area contributed by atoms with E-state index in [2.05, 4.69) is 16.0 Å². The monoisotopic (exact) mass is 449 g/mol. The van der Waals surface area contributed by atoms with Gasteiger partial charge in [0.25, 0.3) is 0 Å². The van der Waals surface area contributed by atoms with Crippen molar-refractivity contribution in [3.05, 3.63) is 40.6 Å². The van der Waals surface area contributed by atoms with Crippen molar-refractivity contribution in [2.75, 3.05) is 30.0 Å². The van der Waals surface area contributed by atoms with Crippen LogP contribution < -0.4 is 16.0 Å². The molecule has 1 aliphatic heterocycles.